The van der Waals surface area contributed by atoms with Crippen molar-refractivity contribution >= 4 is 22.5 Å². The molecule has 21 heavy (non-hydrogen) atoms. The zero-order valence-electron chi connectivity index (χ0n) is 11.7. The SMILES string of the molecule is CN1CCN(C(=O)c2cc3ccc([N+](=O)[O-])cc3[nH]2)CC1. The summed E-state index contributed by atoms with van der Waals surface area (Å²) < 4.78 is 0. The van der Waals surface area contributed by atoms with E-state index in [0.29, 0.717) is 24.3 Å². The Labute approximate surface area is 121 Å². The first-order valence-electron chi connectivity index (χ1n) is 6.79. The Balaban J connectivity index is 1.86. The highest BCUT2D eigenvalue weighted by Crippen LogP contribution is 2.22. The van der Waals surface area contributed by atoms with Crippen LogP contribution in [-0.4, -0.2) is 58.8 Å². The van der Waals surface area contributed by atoms with E-state index in [1.54, 1.807) is 17.0 Å². The number of H-pyrrole nitrogens is 1. The number of nitrogens with zero attached hydrogens (tertiary/aromatic N) is 3. The first-order valence-corrected chi connectivity index (χ1v) is 6.79. The van der Waals surface area contributed by atoms with Crippen LogP contribution in [0.15, 0.2) is 24.3 Å². The topological polar surface area (TPSA) is 82.5 Å². The first kappa shape index (κ1) is 13.6. The number of rotatable bonds is 2. The van der Waals surface area contributed by atoms with E-state index in [4.69, 9.17) is 0 Å². The molecule has 0 saturated carbocycles. The largest absolute Gasteiger partial charge is 0.350 e. The normalized spacial score (nSPS) is 16.3. The number of fused-ring (bicyclic) bond motifs is 1. The van der Waals surface area contributed by atoms with Gasteiger partial charge in [0, 0.05) is 43.7 Å². The number of piperazine rings is 1. The molecule has 0 unspecified atom stereocenters. The number of carbonyl (C=O) groups excluding carboxylic acids is 1. The van der Waals surface area contributed by atoms with Crippen molar-refractivity contribution in [2.75, 3.05) is 33.2 Å². The van der Waals surface area contributed by atoms with E-state index in [1.165, 1.54) is 12.1 Å². The smallest absolute Gasteiger partial charge is 0.271 e. The van der Waals surface area contributed by atoms with Crippen LogP contribution in [0.5, 0.6) is 0 Å². The highest BCUT2D eigenvalue weighted by atomic mass is 16.6. The van der Waals surface area contributed by atoms with Crippen molar-refractivity contribution in [1.29, 1.82) is 0 Å². The van der Waals surface area contributed by atoms with Crippen molar-refractivity contribution in [1.82, 2.24) is 14.8 Å². The van der Waals surface area contributed by atoms with E-state index in [0.717, 1.165) is 18.5 Å². The summed E-state index contributed by atoms with van der Waals surface area (Å²) in [6, 6.07) is 6.31. The number of aromatic amines is 1. The zero-order valence-corrected chi connectivity index (χ0v) is 11.7. The summed E-state index contributed by atoms with van der Waals surface area (Å²) in [5.74, 6) is -0.0537. The summed E-state index contributed by atoms with van der Waals surface area (Å²) in [5.41, 5.74) is 1.11. The molecule has 1 fully saturated rings. The monoisotopic (exact) mass is 288 g/mol. The maximum atomic E-state index is 12.4. The Morgan fingerprint density at radius 1 is 1.24 bits per heavy atom. The highest BCUT2D eigenvalue weighted by Gasteiger charge is 2.22. The van der Waals surface area contributed by atoms with E-state index in [2.05, 4.69) is 9.88 Å². The molecule has 7 nitrogen and oxygen atoms in total. The number of nitro benzene ring substituents is 1. The van der Waals surface area contributed by atoms with Crippen molar-refractivity contribution < 1.29 is 9.72 Å². The van der Waals surface area contributed by atoms with E-state index >= 15 is 0 Å². The molecule has 0 spiro atoms. The Hall–Kier alpha value is -2.41. The molecule has 3 rings (SSSR count). The Morgan fingerprint density at radius 2 is 1.95 bits per heavy atom. The molecule has 1 aromatic carbocycles. The minimum atomic E-state index is -0.442. The average molecular weight is 288 g/mol. The van der Waals surface area contributed by atoms with Crippen molar-refractivity contribution in [3.8, 4) is 0 Å². The van der Waals surface area contributed by atoms with Gasteiger partial charge in [-0.25, -0.2) is 0 Å². The third kappa shape index (κ3) is 2.59. The Kier molecular flexibility index (Phi) is 3.34. The lowest BCUT2D eigenvalue weighted by Crippen LogP contribution is -2.47. The molecule has 0 aliphatic carbocycles. The molecular weight excluding hydrogens is 272 g/mol. The molecule has 1 saturated heterocycles. The number of nitrogens with one attached hydrogen (secondary N) is 1. The second-order valence-electron chi connectivity index (χ2n) is 5.31. The predicted octanol–water partition coefficient (Wildman–Crippen LogP) is 1.46. The number of nitro groups is 1. The van der Waals surface area contributed by atoms with Gasteiger partial charge in [0.1, 0.15) is 5.69 Å². The van der Waals surface area contributed by atoms with E-state index in [9.17, 15) is 14.9 Å². The molecule has 1 amide bonds. The quantitative estimate of drug-likeness (QED) is 0.670. The van der Waals surface area contributed by atoms with Crippen LogP contribution in [0.3, 0.4) is 0 Å². The van der Waals surface area contributed by atoms with Gasteiger partial charge in [0.2, 0.25) is 0 Å². The van der Waals surface area contributed by atoms with Gasteiger partial charge >= 0.3 is 0 Å². The molecule has 2 heterocycles. The summed E-state index contributed by atoms with van der Waals surface area (Å²) in [4.78, 5) is 29.7. The van der Waals surface area contributed by atoms with Gasteiger partial charge in [0.05, 0.1) is 10.4 Å². The maximum absolute atomic E-state index is 12.4. The molecule has 0 atom stereocenters. The van der Waals surface area contributed by atoms with Gasteiger partial charge in [-0.1, -0.05) is 0 Å². The summed E-state index contributed by atoms with van der Waals surface area (Å²) in [6.45, 7) is 3.12. The van der Waals surface area contributed by atoms with Gasteiger partial charge in [0.25, 0.3) is 11.6 Å². The van der Waals surface area contributed by atoms with Crippen LogP contribution in [0.2, 0.25) is 0 Å². The molecule has 7 heteroatoms. The zero-order chi connectivity index (χ0) is 15.0. The second-order valence-corrected chi connectivity index (χ2v) is 5.31. The van der Waals surface area contributed by atoms with Gasteiger partial charge in [0.15, 0.2) is 0 Å². The molecule has 110 valence electrons. The van der Waals surface area contributed by atoms with E-state index < -0.39 is 4.92 Å². The molecule has 2 aromatic rings. The van der Waals surface area contributed by atoms with Crippen LogP contribution in [0, 0.1) is 10.1 Å². The Morgan fingerprint density at radius 3 is 2.62 bits per heavy atom. The van der Waals surface area contributed by atoms with E-state index in [1.807, 2.05) is 7.05 Å². The summed E-state index contributed by atoms with van der Waals surface area (Å²) in [7, 11) is 2.03. The molecule has 1 aliphatic rings. The van der Waals surface area contributed by atoms with Crippen LogP contribution >= 0.6 is 0 Å². The minimum absolute atomic E-state index is 0.0166. The van der Waals surface area contributed by atoms with Crippen molar-refractivity contribution in [2.45, 2.75) is 0 Å². The van der Waals surface area contributed by atoms with Gasteiger partial charge in [-0.15, -0.1) is 0 Å². The minimum Gasteiger partial charge on any atom is -0.350 e. The van der Waals surface area contributed by atoms with Crippen molar-refractivity contribution in [2.24, 2.45) is 0 Å². The number of non-ortho nitro benzene ring substituents is 1. The third-order valence-electron chi connectivity index (χ3n) is 3.84. The first-order chi connectivity index (χ1) is 10.0. The lowest BCUT2D eigenvalue weighted by Gasteiger charge is -2.32. The lowest BCUT2D eigenvalue weighted by molar-refractivity contribution is -0.384. The van der Waals surface area contributed by atoms with Crippen LogP contribution < -0.4 is 0 Å². The van der Waals surface area contributed by atoms with Crippen molar-refractivity contribution in [3.63, 3.8) is 0 Å². The number of aromatic nitrogens is 1. The molecule has 0 radical (unpaired) electrons. The standard InChI is InChI=1S/C14H16N4O3/c1-16-4-6-17(7-5-16)14(19)13-8-10-2-3-11(18(20)21)9-12(10)15-13/h2-3,8-9,15H,4-7H2,1H3. The number of carbonyl (C=O) groups is 1. The number of amides is 1. The van der Waals surface area contributed by atoms with Gasteiger partial charge in [-0.3, -0.25) is 14.9 Å². The third-order valence-corrected chi connectivity index (χ3v) is 3.84. The molecule has 1 aliphatic heterocycles. The molecular formula is C14H16N4O3. The number of benzene rings is 1. The number of hydrogen-bond donors (Lipinski definition) is 1. The van der Waals surface area contributed by atoms with Gasteiger partial charge in [-0.05, 0) is 19.2 Å². The van der Waals surface area contributed by atoms with Crippen LogP contribution in [0.25, 0.3) is 10.9 Å². The average Bonchev–Trinajstić information content (AvgIpc) is 2.90. The predicted molar refractivity (Wildman–Crippen MR) is 78.4 cm³/mol. The number of likely N-dealkylation sites (N-methyl/N-ethyl adjacent to an activating group) is 1. The van der Waals surface area contributed by atoms with Gasteiger partial charge in [-0.2, -0.15) is 0 Å². The van der Waals surface area contributed by atoms with Crippen LogP contribution in [-0.2, 0) is 0 Å². The van der Waals surface area contributed by atoms with Crippen molar-refractivity contribution in [3.05, 3.63) is 40.1 Å². The Bertz CT molecular complexity index is 701. The van der Waals surface area contributed by atoms with Gasteiger partial charge < -0.3 is 14.8 Å². The fraction of sp³-hybridized carbons (Fsp3) is 0.357. The molecule has 1 N–H and O–H groups in total. The lowest BCUT2D eigenvalue weighted by atomic mass is 10.2. The summed E-state index contributed by atoms with van der Waals surface area (Å²) in [5, 5.41) is 11.6. The fourth-order valence-corrected chi connectivity index (χ4v) is 2.52. The fourth-order valence-electron chi connectivity index (χ4n) is 2.52. The number of hydrogen-bond acceptors (Lipinski definition) is 4. The molecule has 0 bridgehead atoms. The second kappa shape index (κ2) is 5.17. The van der Waals surface area contributed by atoms with E-state index in [-0.39, 0.29) is 11.6 Å². The highest BCUT2D eigenvalue weighted by molar-refractivity contribution is 5.98. The summed E-state index contributed by atoms with van der Waals surface area (Å²) >= 11 is 0. The maximum Gasteiger partial charge on any atom is 0.271 e. The van der Waals surface area contributed by atoms with Crippen LogP contribution in [0.1, 0.15) is 10.5 Å². The summed E-state index contributed by atoms with van der Waals surface area (Å²) in [6.07, 6.45) is 0. The molecule has 1 aromatic heterocycles. The van der Waals surface area contributed by atoms with Crippen LogP contribution in [0.4, 0.5) is 5.69 Å².